The van der Waals surface area contributed by atoms with Gasteiger partial charge in [0.2, 0.25) is 5.91 Å². The number of likely N-dealkylation sites (N-methyl/N-ethyl adjacent to an activating group) is 1. The number of benzene rings is 1. The fraction of sp³-hybridized carbons (Fsp3) is 0.273. The molecule has 0 saturated carbocycles. The van der Waals surface area contributed by atoms with Gasteiger partial charge >= 0.3 is 0 Å². The molecule has 0 atom stereocenters. The smallest absolute Gasteiger partial charge is 0.253 e. The van der Waals surface area contributed by atoms with Crippen molar-refractivity contribution in [3.8, 4) is 0 Å². The van der Waals surface area contributed by atoms with Crippen LogP contribution in [0.1, 0.15) is 10.4 Å². The van der Waals surface area contributed by atoms with E-state index in [0.29, 0.717) is 0 Å². The Bertz CT molecular complexity index is 492. The minimum absolute atomic E-state index is 0.0243. The zero-order valence-corrected chi connectivity index (χ0v) is 11.3. The van der Waals surface area contributed by atoms with Crippen LogP contribution in [0, 0.1) is 5.82 Å². The lowest BCUT2D eigenvalue weighted by molar-refractivity contribution is -0.127. The average molecular weight is 293 g/mol. The summed E-state index contributed by atoms with van der Waals surface area (Å²) in [5.74, 6) is -1.66. The lowest BCUT2D eigenvalue weighted by atomic mass is 10.2. The number of carbonyl (C=O) groups is 2. The number of nitrogens with zero attached hydrogens (tertiary/aromatic N) is 1. The third kappa shape index (κ3) is 3.58. The summed E-state index contributed by atoms with van der Waals surface area (Å²) < 4.78 is 13.2. The molecule has 1 aromatic rings. The van der Waals surface area contributed by atoms with Gasteiger partial charge < -0.3 is 10.2 Å². The Morgan fingerprint density at radius 2 is 1.89 bits per heavy atom. The molecule has 0 aliphatic rings. The second-order valence-corrected chi connectivity index (χ2v) is 4.53. The standard InChI is InChI=1S/C11H11Cl2FN2O2/c1-16(2)10(17)5-15-11(18)6-3-9(14)8(13)4-7(6)12/h3-4H,5H2,1-2H3,(H,15,18). The van der Waals surface area contributed by atoms with Crippen molar-refractivity contribution in [1.29, 1.82) is 0 Å². The molecule has 0 bridgehead atoms. The second-order valence-electron chi connectivity index (χ2n) is 3.72. The highest BCUT2D eigenvalue weighted by Gasteiger charge is 2.15. The maximum atomic E-state index is 13.2. The minimum Gasteiger partial charge on any atom is -0.347 e. The zero-order chi connectivity index (χ0) is 13.9. The fourth-order valence-corrected chi connectivity index (χ4v) is 1.57. The molecule has 0 unspecified atom stereocenters. The van der Waals surface area contributed by atoms with Crippen LogP contribution in [0.3, 0.4) is 0 Å². The van der Waals surface area contributed by atoms with Gasteiger partial charge in [-0.15, -0.1) is 0 Å². The van der Waals surface area contributed by atoms with Gasteiger partial charge in [-0.3, -0.25) is 9.59 Å². The van der Waals surface area contributed by atoms with Crippen molar-refractivity contribution in [2.75, 3.05) is 20.6 Å². The van der Waals surface area contributed by atoms with Gasteiger partial charge in [0.1, 0.15) is 5.82 Å². The Morgan fingerprint density at radius 3 is 2.44 bits per heavy atom. The molecule has 0 aliphatic heterocycles. The van der Waals surface area contributed by atoms with Crippen LogP contribution in [0.15, 0.2) is 12.1 Å². The molecule has 0 aliphatic carbocycles. The number of nitrogens with one attached hydrogen (secondary N) is 1. The highest BCUT2D eigenvalue weighted by atomic mass is 35.5. The van der Waals surface area contributed by atoms with Gasteiger partial charge in [-0.1, -0.05) is 23.2 Å². The second kappa shape index (κ2) is 6.02. The quantitative estimate of drug-likeness (QED) is 0.866. The Morgan fingerprint density at radius 1 is 1.28 bits per heavy atom. The van der Waals surface area contributed by atoms with Crippen LogP contribution in [-0.4, -0.2) is 37.4 Å². The number of halogens is 3. The van der Waals surface area contributed by atoms with Gasteiger partial charge in [-0.25, -0.2) is 4.39 Å². The molecule has 7 heteroatoms. The number of rotatable bonds is 3. The SMILES string of the molecule is CN(C)C(=O)CNC(=O)c1cc(F)c(Cl)cc1Cl. The first-order chi connectivity index (χ1) is 8.32. The number of hydrogen-bond donors (Lipinski definition) is 1. The number of amides is 2. The minimum atomic E-state index is -0.745. The predicted octanol–water partition coefficient (Wildman–Crippen LogP) is 1.95. The van der Waals surface area contributed by atoms with Crippen molar-refractivity contribution in [2.45, 2.75) is 0 Å². The first kappa shape index (κ1) is 14.7. The van der Waals surface area contributed by atoms with Crippen molar-refractivity contribution < 1.29 is 14.0 Å². The third-order valence-electron chi connectivity index (χ3n) is 2.15. The van der Waals surface area contributed by atoms with Gasteiger partial charge in [-0.2, -0.15) is 0 Å². The molecule has 98 valence electrons. The van der Waals surface area contributed by atoms with Crippen LogP contribution in [-0.2, 0) is 4.79 Å². The van der Waals surface area contributed by atoms with Crippen molar-refractivity contribution in [1.82, 2.24) is 10.2 Å². The van der Waals surface area contributed by atoms with E-state index in [2.05, 4.69) is 5.32 Å². The van der Waals surface area contributed by atoms with E-state index in [0.717, 1.165) is 12.1 Å². The summed E-state index contributed by atoms with van der Waals surface area (Å²) in [5, 5.41) is 2.20. The van der Waals surface area contributed by atoms with Gasteiger partial charge in [0.15, 0.2) is 0 Å². The van der Waals surface area contributed by atoms with E-state index in [9.17, 15) is 14.0 Å². The maximum absolute atomic E-state index is 13.2. The number of carbonyl (C=O) groups excluding carboxylic acids is 2. The van der Waals surface area contributed by atoms with E-state index in [1.165, 1.54) is 4.90 Å². The molecule has 1 N–H and O–H groups in total. The van der Waals surface area contributed by atoms with Crippen LogP contribution < -0.4 is 5.32 Å². The van der Waals surface area contributed by atoms with Crippen molar-refractivity contribution in [3.05, 3.63) is 33.6 Å². The highest BCUT2D eigenvalue weighted by Crippen LogP contribution is 2.24. The van der Waals surface area contributed by atoms with Gasteiger partial charge in [0.05, 0.1) is 22.2 Å². The first-order valence-corrected chi connectivity index (χ1v) is 5.71. The molecule has 0 radical (unpaired) electrons. The lowest BCUT2D eigenvalue weighted by Gasteiger charge is -2.11. The lowest BCUT2D eigenvalue weighted by Crippen LogP contribution is -2.36. The molecule has 0 aromatic heterocycles. The van der Waals surface area contributed by atoms with Crippen molar-refractivity contribution in [3.63, 3.8) is 0 Å². The number of hydrogen-bond acceptors (Lipinski definition) is 2. The topological polar surface area (TPSA) is 49.4 Å². The molecule has 0 heterocycles. The average Bonchev–Trinajstić information content (AvgIpc) is 2.30. The summed E-state index contributed by atoms with van der Waals surface area (Å²) in [5.41, 5.74) is -0.0647. The van der Waals surface area contributed by atoms with Gasteiger partial charge in [0.25, 0.3) is 5.91 Å². The van der Waals surface area contributed by atoms with Crippen molar-refractivity contribution in [2.24, 2.45) is 0 Å². The molecule has 1 rings (SSSR count). The van der Waals surface area contributed by atoms with E-state index in [-0.39, 0.29) is 28.1 Å². The molecular formula is C11H11Cl2FN2O2. The largest absolute Gasteiger partial charge is 0.347 e. The van der Waals surface area contributed by atoms with Crippen LogP contribution in [0.5, 0.6) is 0 Å². The van der Waals surface area contributed by atoms with E-state index in [1.807, 2.05) is 0 Å². The fourth-order valence-electron chi connectivity index (χ4n) is 1.11. The summed E-state index contributed by atoms with van der Waals surface area (Å²) in [6.07, 6.45) is 0. The van der Waals surface area contributed by atoms with Gasteiger partial charge in [-0.05, 0) is 12.1 Å². The summed E-state index contributed by atoms with van der Waals surface area (Å²) in [4.78, 5) is 24.3. The molecule has 4 nitrogen and oxygen atoms in total. The van der Waals surface area contributed by atoms with E-state index < -0.39 is 11.7 Å². The molecule has 0 fully saturated rings. The Balaban J connectivity index is 2.79. The van der Waals surface area contributed by atoms with Crippen LogP contribution in [0.25, 0.3) is 0 Å². The molecule has 0 spiro atoms. The van der Waals surface area contributed by atoms with Gasteiger partial charge in [0, 0.05) is 14.1 Å². The molecule has 2 amide bonds. The third-order valence-corrected chi connectivity index (χ3v) is 2.76. The Labute approximate surface area is 114 Å². The predicted molar refractivity (Wildman–Crippen MR) is 67.4 cm³/mol. The normalized spacial score (nSPS) is 10.1. The van der Waals surface area contributed by atoms with E-state index in [4.69, 9.17) is 23.2 Å². The van der Waals surface area contributed by atoms with Crippen LogP contribution in [0.2, 0.25) is 10.0 Å². The zero-order valence-electron chi connectivity index (χ0n) is 9.76. The first-order valence-electron chi connectivity index (χ1n) is 4.96. The maximum Gasteiger partial charge on any atom is 0.253 e. The molecule has 0 saturated heterocycles. The molecule has 18 heavy (non-hydrogen) atoms. The summed E-state index contributed by atoms with van der Waals surface area (Å²) in [7, 11) is 3.12. The highest BCUT2D eigenvalue weighted by molar-refractivity contribution is 6.36. The van der Waals surface area contributed by atoms with Crippen LogP contribution >= 0.6 is 23.2 Å². The summed E-state index contributed by atoms with van der Waals surface area (Å²) in [6.45, 7) is -0.188. The Hall–Kier alpha value is -1.33. The van der Waals surface area contributed by atoms with Crippen molar-refractivity contribution >= 4 is 35.0 Å². The molecule has 1 aromatic carbocycles. The molecular weight excluding hydrogens is 282 g/mol. The summed E-state index contributed by atoms with van der Waals surface area (Å²) >= 11 is 11.3. The Kier molecular flexibility index (Phi) is 4.93. The van der Waals surface area contributed by atoms with E-state index >= 15 is 0 Å². The van der Waals surface area contributed by atoms with Crippen LogP contribution in [0.4, 0.5) is 4.39 Å². The van der Waals surface area contributed by atoms with E-state index in [1.54, 1.807) is 14.1 Å². The summed E-state index contributed by atoms with van der Waals surface area (Å²) in [6, 6.07) is 2.07. The monoisotopic (exact) mass is 292 g/mol.